The molecular weight excluding hydrogens is 276 g/mol. The van der Waals surface area contributed by atoms with Crippen LogP contribution >= 0.6 is 12.4 Å². The predicted octanol–water partition coefficient (Wildman–Crippen LogP) is 1.71. The Labute approximate surface area is 123 Å². The fourth-order valence-corrected chi connectivity index (χ4v) is 2.56. The minimum absolute atomic E-state index is 0. The third kappa shape index (κ3) is 2.78. The first kappa shape index (κ1) is 14.8. The molecule has 2 unspecified atom stereocenters. The first-order valence-electron chi connectivity index (χ1n) is 6.70. The van der Waals surface area contributed by atoms with Gasteiger partial charge in [0.1, 0.15) is 0 Å². The molecule has 6 heteroatoms. The molecule has 20 heavy (non-hydrogen) atoms. The molecular formula is C14H19ClN4O. The number of aromatic amines is 1. The highest BCUT2D eigenvalue weighted by molar-refractivity contribution is 6.04. The van der Waals surface area contributed by atoms with E-state index < -0.39 is 0 Å². The molecule has 0 radical (unpaired) electrons. The van der Waals surface area contributed by atoms with Crippen molar-refractivity contribution in [3.05, 3.63) is 30.0 Å². The van der Waals surface area contributed by atoms with E-state index >= 15 is 0 Å². The number of nitrogens with zero attached hydrogens (tertiary/aromatic N) is 1. The summed E-state index contributed by atoms with van der Waals surface area (Å²) in [6.45, 7) is 4.03. The maximum atomic E-state index is 12.3. The van der Waals surface area contributed by atoms with Gasteiger partial charge >= 0.3 is 0 Å². The van der Waals surface area contributed by atoms with Gasteiger partial charge in [-0.05, 0) is 24.9 Å². The Bertz CT molecular complexity index is 598. The van der Waals surface area contributed by atoms with E-state index in [-0.39, 0.29) is 24.4 Å². The number of aromatic nitrogens is 2. The maximum absolute atomic E-state index is 12.3. The largest absolute Gasteiger partial charge is 0.346 e. The Hall–Kier alpha value is -1.59. The molecule has 0 saturated carbocycles. The van der Waals surface area contributed by atoms with Crippen LogP contribution in [0.5, 0.6) is 0 Å². The fourth-order valence-electron chi connectivity index (χ4n) is 2.56. The highest BCUT2D eigenvalue weighted by Crippen LogP contribution is 2.16. The SMILES string of the molecule is CC1CCNCC1NC(=O)c1n[nH]c2ccccc12.Cl. The first-order chi connectivity index (χ1) is 9.25. The van der Waals surface area contributed by atoms with E-state index in [0.717, 1.165) is 30.4 Å². The quantitative estimate of drug-likeness (QED) is 0.790. The predicted molar refractivity (Wildman–Crippen MR) is 81.2 cm³/mol. The molecule has 108 valence electrons. The zero-order valence-corrected chi connectivity index (χ0v) is 12.2. The van der Waals surface area contributed by atoms with Gasteiger partial charge in [0, 0.05) is 18.0 Å². The molecule has 0 spiro atoms. The molecule has 2 atom stereocenters. The zero-order chi connectivity index (χ0) is 13.2. The summed E-state index contributed by atoms with van der Waals surface area (Å²) >= 11 is 0. The van der Waals surface area contributed by atoms with Crippen LogP contribution in [0.2, 0.25) is 0 Å². The number of hydrogen-bond donors (Lipinski definition) is 3. The molecule has 2 aromatic rings. The van der Waals surface area contributed by atoms with Gasteiger partial charge in [-0.3, -0.25) is 9.89 Å². The molecule has 1 amide bonds. The highest BCUT2D eigenvalue weighted by Gasteiger charge is 2.24. The van der Waals surface area contributed by atoms with E-state index in [1.165, 1.54) is 0 Å². The summed E-state index contributed by atoms with van der Waals surface area (Å²) in [6, 6.07) is 7.85. The van der Waals surface area contributed by atoms with Gasteiger partial charge in [0.05, 0.1) is 5.52 Å². The number of carbonyl (C=O) groups excluding carboxylic acids is 1. The number of nitrogens with one attached hydrogen (secondary N) is 3. The number of para-hydroxylation sites is 1. The van der Waals surface area contributed by atoms with Crippen molar-refractivity contribution in [2.24, 2.45) is 5.92 Å². The number of amides is 1. The van der Waals surface area contributed by atoms with Gasteiger partial charge in [-0.2, -0.15) is 5.10 Å². The smallest absolute Gasteiger partial charge is 0.272 e. The molecule has 3 N–H and O–H groups in total. The number of fused-ring (bicyclic) bond motifs is 1. The van der Waals surface area contributed by atoms with Crippen molar-refractivity contribution in [1.82, 2.24) is 20.8 Å². The average molecular weight is 295 g/mol. The second-order valence-corrected chi connectivity index (χ2v) is 5.17. The number of piperidine rings is 1. The number of rotatable bonds is 2. The lowest BCUT2D eigenvalue weighted by Crippen LogP contribution is -2.50. The second-order valence-electron chi connectivity index (χ2n) is 5.17. The van der Waals surface area contributed by atoms with Crippen LogP contribution < -0.4 is 10.6 Å². The van der Waals surface area contributed by atoms with Crippen molar-refractivity contribution < 1.29 is 4.79 Å². The summed E-state index contributed by atoms with van der Waals surface area (Å²) in [6.07, 6.45) is 1.09. The van der Waals surface area contributed by atoms with Gasteiger partial charge in [-0.1, -0.05) is 25.1 Å². The van der Waals surface area contributed by atoms with Gasteiger partial charge in [-0.15, -0.1) is 12.4 Å². The van der Waals surface area contributed by atoms with Crippen molar-refractivity contribution >= 4 is 29.2 Å². The maximum Gasteiger partial charge on any atom is 0.272 e. The van der Waals surface area contributed by atoms with Crippen LogP contribution in [0.4, 0.5) is 0 Å². The minimum Gasteiger partial charge on any atom is -0.346 e. The van der Waals surface area contributed by atoms with E-state index in [1.807, 2.05) is 24.3 Å². The molecule has 5 nitrogen and oxygen atoms in total. The number of halogens is 1. The van der Waals surface area contributed by atoms with Crippen molar-refractivity contribution in [3.8, 4) is 0 Å². The number of benzene rings is 1. The third-order valence-corrected chi connectivity index (χ3v) is 3.83. The molecule has 1 aromatic carbocycles. The van der Waals surface area contributed by atoms with E-state index in [4.69, 9.17) is 0 Å². The standard InChI is InChI=1S/C14H18N4O.ClH/c1-9-6-7-15-8-12(9)16-14(19)13-10-4-2-3-5-11(10)17-18-13;/h2-5,9,12,15H,6-8H2,1H3,(H,16,19)(H,17,18);1H. The Morgan fingerprint density at radius 1 is 1.40 bits per heavy atom. The van der Waals surface area contributed by atoms with Crippen molar-refractivity contribution in [2.45, 2.75) is 19.4 Å². The molecule has 1 aromatic heterocycles. The van der Waals surface area contributed by atoms with E-state index in [1.54, 1.807) is 0 Å². The minimum atomic E-state index is -0.0991. The lowest BCUT2D eigenvalue weighted by molar-refractivity contribution is 0.0912. The molecule has 3 rings (SSSR count). The van der Waals surface area contributed by atoms with E-state index in [0.29, 0.717) is 11.6 Å². The summed E-state index contributed by atoms with van der Waals surface area (Å²) in [5.41, 5.74) is 1.37. The summed E-state index contributed by atoms with van der Waals surface area (Å²) in [7, 11) is 0. The van der Waals surface area contributed by atoms with Crippen LogP contribution in [-0.4, -0.2) is 35.2 Å². The number of H-pyrrole nitrogens is 1. The Balaban J connectivity index is 0.00000147. The van der Waals surface area contributed by atoms with Crippen molar-refractivity contribution in [1.29, 1.82) is 0 Å². The Morgan fingerprint density at radius 3 is 3.00 bits per heavy atom. The van der Waals surface area contributed by atoms with Gasteiger partial charge < -0.3 is 10.6 Å². The number of carbonyl (C=O) groups is 1. The van der Waals surface area contributed by atoms with Crippen LogP contribution in [0.3, 0.4) is 0 Å². The number of hydrogen-bond acceptors (Lipinski definition) is 3. The van der Waals surface area contributed by atoms with Gasteiger partial charge in [0.15, 0.2) is 5.69 Å². The van der Waals surface area contributed by atoms with Gasteiger partial charge in [0.2, 0.25) is 0 Å². The lowest BCUT2D eigenvalue weighted by atomic mass is 9.94. The van der Waals surface area contributed by atoms with E-state index in [2.05, 4.69) is 27.8 Å². The molecule has 2 heterocycles. The Morgan fingerprint density at radius 2 is 2.20 bits per heavy atom. The Kier molecular flexibility index (Phi) is 4.62. The summed E-state index contributed by atoms with van der Waals surface area (Å²) in [4.78, 5) is 12.3. The van der Waals surface area contributed by atoms with Crippen molar-refractivity contribution in [2.75, 3.05) is 13.1 Å². The first-order valence-corrected chi connectivity index (χ1v) is 6.70. The highest BCUT2D eigenvalue weighted by atomic mass is 35.5. The topological polar surface area (TPSA) is 69.8 Å². The third-order valence-electron chi connectivity index (χ3n) is 3.83. The molecule has 1 aliphatic heterocycles. The lowest BCUT2D eigenvalue weighted by Gasteiger charge is -2.29. The van der Waals surface area contributed by atoms with Crippen LogP contribution in [0.1, 0.15) is 23.8 Å². The molecule has 0 aliphatic carbocycles. The molecule has 1 fully saturated rings. The summed E-state index contributed by atoms with van der Waals surface area (Å²) < 4.78 is 0. The average Bonchev–Trinajstić information content (AvgIpc) is 2.85. The summed E-state index contributed by atoms with van der Waals surface area (Å²) in [5, 5.41) is 14.3. The normalized spacial score (nSPS) is 22.2. The fraction of sp³-hybridized carbons (Fsp3) is 0.429. The van der Waals surface area contributed by atoms with E-state index in [9.17, 15) is 4.79 Å². The monoisotopic (exact) mass is 294 g/mol. The zero-order valence-electron chi connectivity index (χ0n) is 11.3. The molecule has 1 aliphatic rings. The van der Waals surface area contributed by atoms with Gasteiger partial charge in [0.25, 0.3) is 5.91 Å². The second kappa shape index (κ2) is 6.24. The van der Waals surface area contributed by atoms with Gasteiger partial charge in [-0.25, -0.2) is 0 Å². The summed E-state index contributed by atoms with van der Waals surface area (Å²) in [5.74, 6) is 0.397. The molecule has 0 bridgehead atoms. The molecule has 1 saturated heterocycles. The van der Waals surface area contributed by atoms with Crippen molar-refractivity contribution in [3.63, 3.8) is 0 Å². The van der Waals surface area contributed by atoms with Crippen LogP contribution in [0.25, 0.3) is 10.9 Å². The van der Waals surface area contributed by atoms with Crippen LogP contribution in [-0.2, 0) is 0 Å². The van der Waals surface area contributed by atoms with Crippen LogP contribution in [0, 0.1) is 5.92 Å². The van der Waals surface area contributed by atoms with Crippen LogP contribution in [0.15, 0.2) is 24.3 Å².